The number of aliphatic hydroxyl groups excluding tert-OH is 1. The van der Waals surface area contributed by atoms with Crippen molar-refractivity contribution < 1.29 is 5.11 Å². The summed E-state index contributed by atoms with van der Waals surface area (Å²) < 4.78 is 0. The van der Waals surface area contributed by atoms with Gasteiger partial charge in [0.15, 0.2) is 0 Å². The van der Waals surface area contributed by atoms with Gasteiger partial charge in [0.05, 0.1) is 6.61 Å². The second-order valence-corrected chi connectivity index (χ2v) is 4.30. The molecule has 1 aliphatic rings. The van der Waals surface area contributed by atoms with Gasteiger partial charge in [-0.2, -0.15) is 0 Å². The van der Waals surface area contributed by atoms with E-state index in [9.17, 15) is 4.79 Å². The van der Waals surface area contributed by atoms with Crippen molar-refractivity contribution in [1.29, 1.82) is 0 Å². The van der Waals surface area contributed by atoms with Crippen LogP contribution in [0.1, 0.15) is 23.1 Å². The molecule has 0 radical (unpaired) electrons. The second kappa shape index (κ2) is 3.46. The van der Waals surface area contributed by atoms with Crippen molar-refractivity contribution in [3.8, 4) is 0 Å². The predicted octanol–water partition coefficient (Wildman–Crippen LogP) is 1.51. The number of aryl methyl sites for hydroxylation is 1. The van der Waals surface area contributed by atoms with E-state index in [-0.39, 0.29) is 12.2 Å². The maximum atomic E-state index is 11.8. The number of benzene rings is 1. The zero-order valence-corrected chi connectivity index (χ0v) is 8.92. The fraction of sp³-hybridized carbons (Fsp3) is 0.308. The lowest BCUT2D eigenvalue weighted by atomic mass is 10.0. The Morgan fingerprint density at radius 3 is 2.88 bits per heavy atom. The molecule has 0 fully saturated rings. The molecule has 1 heterocycles. The Kier molecular flexibility index (Phi) is 2.07. The summed E-state index contributed by atoms with van der Waals surface area (Å²) in [5.74, 6) is 0. The molecule has 0 atom stereocenters. The average molecular weight is 215 g/mol. The highest BCUT2D eigenvalue weighted by molar-refractivity contribution is 5.84. The van der Waals surface area contributed by atoms with Gasteiger partial charge in [-0.25, -0.2) is 0 Å². The van der Waals surface area contributed by atoms with Gasteiger partial charge in [-0.1, -0.05) is 12.1 Å². The predicted molar refractivity (Wildman–Crippen MR) is 62.5 cm³/mol. The van der Waals surface area contributed by atoms with E-state index in [2.05, 4.69) is 4.98 Å². The van der Waals surface area contributed by atoms with Crippen LogP contribution in [0.25, 0.3) is 10.9 Å². The van der Waals surface area contributed by atoms with Crippen LogP contribution in [-0.2, 0) is 19.4 Å². The van der Waals surface area contributed by atoms with Crippen molar-refractivity contribution in [3.05, 3.63) is 45.2 Å². The lowest BCUT2D eigenvalue weighted by molar-refractivity contribution is 0.282. The standard InChI is InChI=1S/C13H13NO2/c15-7-8-4-5-10-9-2-1-3-11(9)13(16)14-12(10)6-8/h4-6,15H,1-3,7H2,(H,14,16). The molecular formula is C13H13NO2. The minimum atomic E-state index is 0.00898. The first-order valence-corrected chi connectivity index (χ1v) is 5.57. The molecule has 3 nitrogen and oxygen atoms in total. The van der Waals surface area contributed by atoms with E-state index >= 15 is 0 Å². The first-order chi connectivity index (χ1) is 7.79. The number of pyridine rings is 1. The third kappa shape index (κ3) is 1.28. The van der Waals surface area contributed by atoms with Crippen LogP contribution in [0.4, 0.5) is 0 Å². The van der Waals surface area contributed by atoms with Gasteiger partial charge in [-0.05, 0) is 36.5 Å². The molecule has 0 unspecified atom stereocenters. The van der Waals surface area contributed by atoms with E-state index in [4.69, 9.17) is 5.11 Å². The van der Waals surface area contributed by atoms with Crippen molar-refractivity contribution in [2.45, 2.75) is 25.9 Å². The summed E-state index contributed by atoms with van der Waals surface area (Å²) in [6, 6.07) is 5.77. The number of hydrogen-bond acceptors (Lipinski definition) is 2. The molecule has 1 aromatic carbocycles. The molecule has 0 spiro atoms. The number of aromatic nitrogens is 1. The molecule has 3 rings (SSSR count). The Morgan fingerprint density at radius 2 is 2.06 bits per heavy atom. The van der Waals surface area contributed by atoms with Gasteiger partial charge in [-0.3, -0.25) is 4.79 Å². The third-order valence-corrected chi connectivity index (χ3v) is 3.33. The van der Waals surface area contributed by atoms with Gasteiger partial charge in [0.2, 0.25) is 0 Å². The fourth-order valence-electron chi connectivity index (χ4n) is 2.55. The molecular weight excluding hydrogens is 202 g/mol. The van der Waals surface area contributed by atoms with E-state index in [1.165, 1.54) is 5.56 Å². The molecule has 1 aromatic heterocycles. The second-order valence-electron chi connectivity index (χ2n) is 4.30. The van der Waals surface area contributed by atoms with E-state index < -0.39 is 0 Å². The van der Waals surface area contributed by atoms with Gasteiger partial charge in [0.1, 0.15) is 0 Å². The van der Waals surface area contributed by atoms with Crippen LogP contribution < -0.4 is 5.56 Å². The van der Waals surface area contributed by atoms with Crippen molar-refractivity contribution in [2.75, 3.05) is 0 Å². The Hall–Kier alpha value is -1.61. The van der Waals surface area contributed by atoms with Crippen LogP contribution in [0, 0.1) is 0 Å². The summed E-state index contributed by atoms with van der Waals surface area (Å²) in [6.07, 6.45) is 2.95. The van der Waals surface area contributed by atoms with Crippen LogP contribution in [0.3, 0.4) is 0 Å². The highest BCUT2D eigenvalue weighted by Gasteiger charge is 2.17. The number of fused-ring (bicyclic) bond motifs is 3. The topological polar surface area (TPSA) is 53.1 Å². The number of hydrogen-bond donors (Lipinski definition) is 2. The fourth-order valence-corrected chi connectivity index (χ4v) is 2.55. The summed E-state index contributed by atoms with van der Waals surface area (Å²) in [4.78, 5) is 14.7. The van der Waals surface area contributed by atoms with Crippen LogP contribution >= 0.6 is 0 Å². The van der Waals surface area contributed by atoms with Gasteiger partial charge in [-0.15, -0.1) is 0 Å². The summed E-state index contributed by atoms with van der Waals surface area (Å²) in [6.45, 7) is 0.00898. The van der Waals surface area contributed by atoms with Crippen LogP contribution in [0.2, 0.25) is 0 Å². The molecule has 0 aliphatic heterocycles. The number of aromatic amines is 1. The SMILES string of the molecule is O=c1[nH]c2cc(CO)ccc2c2c1CCC2. The maximum absolute atomic E-state index is 11.8. The Bertz CT molecular complexity index is 613. The molecule has 0 amide bonds. The highest BCUT2D eigenvalue weighted by atomic mass is 16.3. The van der Waals surface area contributed by atoms with Crippen molar-refractivity contribution in [3.63, 3.8) is 0 Å². The van der Waals surface area contributed by atoms with Gasteiger partial charge in [0.25, 0.3) is 5.56 Å². The lowest BCUT2D eigenvalue weighted by Crippen LogP contribution is -2.12. The molecule has 1 aliphatic carbocycles. The molecule has 2 aromatic rings. The van der Waals surface area contributed by atoms with Crippen molar-refractivity contribution in [2.24, 2.45) is 0 Å². The monoisotopic (exact) mass is 215 g/mol. The summed E-state index contributed by atoms with van der Waals surface area (Å²) in [7, 11) is 0. The maximum Gasteiger partial charge on any atom is 0.251 e. The molecule has 3 heteroatoms. The smallest absolute Gasteiger partial charge is 0.251 e. The molecule has 2 N–H and O–H groups in total. The first-order valence-electron chi connectivity index (χ1n) is 5.57. The molecule has 16 heavy (non-hydrogen) atoms. The average Bonchev–Trinajstić information content (AvgIpc) is 2.78. The highest BCUT2D eigenvalue weighted by Crippen LogP contribution is 2.26. The van der Waals surface area contributed by atoms with Gasteiger partial charge >= 0.3 is 0 Å². The van der Waals surface area contributed by atoms with Crippen molar-refractivity contribution >= 4 is 10.9 Å². The summed E-state index contributed by atoms with van der Waals surface area (Å²) in [5, 5.41) is 10.2. The van der Waals surface area contributed by atoms with Crippen molar-refractivity contribution in [1.82, 2.24) is 4.98 Å². The van der Waals surface area contributed by atoms with Gasteiger partial charge in [0, 0.05) is 16.5 Å². The quantitative estimate of drug-likeness (QED) is 0.757. The molecule has 0 bridgehead atoms. The zero-order valence-electron chi connectivity index (χ0n) is 8.92. The Labute approximate surface area is 92.7 Å². The third-order valence-electron chi connectivity index (χ3n) is 3.33. The lowest BCUT2D eigenvalue weighted by Gasteiger charge is -2.06. The van der Waals surface area contributed by atoms with E-state index in [0.717, 1.165) is 41.3 Å². The zero-order chi connectivity index (χ0) is 11.1. The number of H-pyrrole nitrogens is 1. The Balaban J connectivity index is 2.38. The number of aliphatic hydroxyl groups is 1. The summed E-state index contributed by atoms with van der Waals surface area (Å²) in [5.41, 5.74) is 3.86. The van der Waals surface area contributed by atoms with Crippen LogP contribution in [0.5, 0.6) is 0 Å². The van der Waals surface area contributed by atoms with Gasteiger partial charge < -0.3 is 10.1 Å². The van der Waals surface area contributed by atoms with Crippen LogP contribution in [0.15, 0.2) is 23.0 Å². The van der Waals surface area contributed by atoms with E-state index in [1.54, 1.807) is 0 Å². The summed E-state index contributed by atoms with van der Waals surface area (Å²) >= 11 is 0. The minimum Gasteiger partial charge on any atom is -0.392 e. The normalized spacial score (nSPS) is 14.3. The molecule has 0 saturated carbocycles. The molecule has 0 saturated heterocycles. The Morgan fingerprint density at radius 1 is 1.25 bits per heavy atom. The molecule has 82 valence electrons. The number of nitrogens with one attached hydrogen (secondary N) is 1. The van der Waals surface area contributed by atoms with E-state index in [0.29, 0.717) is 0 Å². The van der Waals surface area contributed by atoms with Crippen LogP contribution in [-0.4, -0.2) is 10.1 Å². The minimum absolute atomic E-state index is 0.00898. The largest absolute Gasteiger partial charge is 0.392 e. The van der Waals surface area contributed by atoms with E-state index in [1.807, 2.05) is 18.2 Å². The first kappa shape index (κ1) is 9.60. The number of rotatable bonds is 1.